The number of hydrogen-bond acceptors (Lipinski definition) is 8. The van der Waals surface area contributed by atoms with Gasteiger partial charge in [-0.1, -0.05) is 47.2 Å². The molecule has 0 spiro atoms. The van der Waals surface area contributed by atoms with Crippen LogP contribution in [0.15, 0.2) is 47.9 Å². The van der Waals surface area contributed by atoms with Gasteiger partial charge in [-0.25, -0.2) is 4.98 Å². The molecule has 0 aliphatic rings. The lowest BCUT2D eigenvalue weighted by atomic mass is 10.2. The molecule has 2 heterocycles. The van der Waals surface area contributed by atoms with E-state index in [1.807, 2.05) is 36.6 Å². The quantitative estimate of drug-likeness (QED) is 0.661. The Balaban J connectivity index is 1.77. The van der Waals surface area contributed by atoms with Gasteiger partial charge in [0, 0.05) is 0 Å². The van der Waals surface area contributed by atoms with Crippen molar-refractivity contribution in [2.75, 3.05) is 6.26 Å². The summed E-state index contributed by atoms with van der Waals surface area (Å²) in [5.41, 5.74) is 2.16. The van der Waals surface area contributed by atoms with E-state index in [2.05, 4.69) is 30.4 Å². The van der Waals surface area contributed by atoms with Gasteiger partial charge in [-0.2, -0.15) is 15.2 Å². The van der Waals surface area contributed by atoms with E-state index in [0.717, 1.165) is 5.56 Å². The first kappa shape index (κ1) is 14.3. The van der Waals surface area contributed by atoms with E-state index >= 15 is 0 Å². The lowest BCUT2D eigenvalue weighted by molar-refractivity contribution is 0.277. The number of hydrogen-bond donors (Lipinski definition) is 0. The summed E-state index contributed by atoms with van der Waals surface area (Å²) in [6.07, 6.45) is 4.93. The molecule has 3 rings (SSSR count). The molecule has 8 heteroatoms. The minimum Gasteiger partial charge on any atom is -0.458 e. The first-order valence-corrected chi connectivity index (χ1v) is 7.68. The van der Waals surface area contributed by atoms with Crippen molar-refractivity contribution >= 4 is 11.8 Å². The van der Waals surface area contributed by atoms with Crippen LogP contribution in [0.4, 0.5) is 0 Å². The second kappa shape index (κ2) is 6.90. The van der Waals surface area contributed by atoms with Gasteiger partial charge in [0.1, 0.15) is 18.0 Å². The van der Waals surface area contributed by atoms with E-state index in [4.69, 9.17) is 4.74 Å². The summed E-state index contributed by atoms with van der Waals surface area (Å²) in [4.78, 5) is 8.62. The highest BCUT2D eigenvalue weighted by Crippen LogP contribution is 2.16. The molecule has 22 heavy (non-hydrogen) atoms. The first-order chi connectivity index (χ1) is 10.8. The predicted molar refractivity (Wildman–Crippen MR) is 81.2 cm³/mol. The highest BCUT2D eigenvalue weighted by atomic mass is 32.2. The Labute approximate surface area is 131 Å². The van der Waals surface area contributed by atoms with Crippen molar-refractivity contribution < 1.29 is 4.74 Å². The summed E-state index contributed by atoms with van der Waals surface area (Å²) in [5.74, 6) is 0. The molecule has 0 atom stereocenters. The average molecular weight is 312 g/mol. The first-order valence-electron chi connectivity index (χ1n) is 6.45. The second-order valence-electron chi connectivity index (χ2n) is 4.23. The molecule has 0 unspecified atom stereocenters. The fourth-order valence-electron chi connectivity index (χ4n) is 1.69. The number of ether oxygens (including phenoxy) is 1. The topological polar surface area (TPSA) is 86.6 Å². The van der Waals surface area contributed by atoms with Crippen molar-refractivity contribution in [1.29, 1.82) is 0 Å². The van der Waals surface area contributed by atoms with E-state index in [9.17, 15) is 0 Å². The minimum absolute atomic E-state index is 0.200. The zero-order chi connectivity index (χ0) is 15.2. The number of rotatable bonds is 5. The lowest BCUT2D eigenvalue weighted by Gasteiger charge is -2.05. The molecule has 0 saturated carbocycles. The standard InChI is InChI=1S/C14H12N6OS/c1-22-14-18-12(8-16-20-14)11-7-15-19-13(17-11)21-9-10-5-3-2-4-6-10/h2-8H,9H2,1H3. The number of nitrogens with zero attached hydrogens (tertiary/aromatic N) is 6. The molecule has 0 N–H and O–H groups in total. The zero-order valence-electron chi connectivity index (χ0n) is 11.7. The zero-order valence-corrected chi connectivity index (χ0v) is 12.6. The molecule has 0 aliphatic heterocycles. The number of thioether (sulfide) groups is 1. The Kier molecular flexibility index (Phi) is 4.50. The fourth-order valence-corrected chi connectivity index (χ4v) is 2.01. The summed E-state index contributed by atoms with van der Waals surface area (Å²) < 4.78 is 5.56. The van der Waals surface area contributed by atoms with Crippen LogP contribution in [-0.4, -0.2) is 36.6 Å². The van der Waals surface area contributed by atoms with Crippen LogP contribution in [0.25, 0.3) is 11.4 Å². The molecular weight excluding hydrogens is 300 g/mol. The van der Waals surface area contributed by atoms with Crippen molar-refractivity contribution in [2.24, 2.45) is 0 Å². The molecule has 110 valence electrons. The third-order valence-electron chi connectivity index (χ3n) is 2.73. The largest absolute Gasteiger partial charge is 0.458 e. The molecule has 0 bridgehead atoms. The van der Waals surface area contributed by atoms with Crippen LogP contribution in [0.1, 0.15) is 5.56 Å². The van der Waals surface area contributed by atoms with Crippen LogP contribution in [-0.2, 0) is 6.61 Å². The van der Waals surface area contributed by atoms with Gasteiger partial charge in [-0.05, 0) is 11.8 Å². The molecule has 0 fully saturated rings. The van der Waals surface area contributed by atoms with Gasteiger partial charge in [0.25, 0.3) is 0 Å². The minimum atomic E-state index is 0.200. The highest BCUT2D eigenvalue weighted by Gasteiger charge is 2.08. The molecule has 0 radical (unpaired) electrons. The van der Waals surface area contributed by atoms with Gasteiger partial charge < -0.3 is 4.74 Å². The van der Waals surface area contributed by atoms with Crippen molar-refractivity contribution in [2.45, 2.75) is 11.8 Å². The monoisotopic (exact) mass is 312 g/mol. The molecule has 1 aromatic carbocycles. The van der Waals surface area contributed by atoms with Crippen molar-refractivity contribution in [3.05, 3.63) is 48.3 Å². The molecule has 0 amide bonds. The SMILES string of the molecule is CSc1nncc(-c2cnnc(OCc3ccccc3)n2)n1. The maximum atomic E-state index is 5.56. The Morgan fingerprint density at radius 1 is 0.955 bits per heavy atom. The molecule has 7 nitrogen and oxygen atoms in total. The maximum absolute atomic E-state index is 5.56. The second-order valence-corrected chi connectivity index (χ2v) is 5.00. The molecule has 0 saturated heterocycles. The summed E-state index contributed by atoms with van der Waals surface area (Å²) in [6.45, 7) is 0.379. The van der Waals surface area contributed by atoms with E-state index in [0.29, 0.717) is 23.2 Å². The normalized spacial score (nSPS) is 10.4. The molecule has 3 aromatic rings. The summed E-state index contributed by atoms with van der Waals surface area (Å²) >= 11 is 1.41. The van der Waals surface area contributed by atoms with Crippen molar-refractivity contribution in [3.8, 4) is 17.4 Å². The van der Waals surface area contributed by atoms with Gasteiger partial charge in [0.05, 0.1) is 12.4 Å². The summed E-state index contributed by atoms with van der Waals surface area (Å²) in [6, 6.07) is 9.99. The third-order valence-corrected chi connectivity index (χ3v) is 3.27. The highest BCUT2D eigenvalue weighted by molar-refractivity contribution is 7.98. The van der Waals surface area contributed by atoms with Gasteiger partial charge in [-0.15, -0.1) is 5.10 Å². The fraction of sp³-hybridized carbons (Fsp3) is 0.143. The van der Waals surface area contributed by atoms with Crippen LogP contribution in [0, 0.1) is 0 Å². The van der Waals surface area contributed by atoms with Crippen LogP contribution >= 0.6 is 11.8 Å². The average Bonchev–Trinajstić information content (AvgIpc) is 2.61. The van der Waals surface area contributed by atoms with Gasteiger partial charge in [0.2, 0.25) is 5.16 Å². The molecule has 0 aliphatic carbocycles. The van der Waals surface area contributed by atoms with Gasteiger partial charge >= 0.3 is 6.01 Å². The number of benzene rings is 1. The smallest absolute Gasteiger partial charge is 0.336 e. The van der Waals surface area contributed by atoms with E-state index in [-0.39, 0.29) is 6.01 Å². The lowest BCUT2D eigenvalue weighted by Crippen LogP contribution is -2.02. The molecule has 2 aromatic heterocycles. The summed E-state index contributed by atoms with van der Waals surface area (Å²) in [5, 5.41) is 16.1. The van der Waals surface area contributed by atoms with Crippen molar-refractivity contribution in [3.63, 3.8) is 0 Å². The Hall–Kier alpha value is -2.61. The number of aromatic nitrogens is 6. The van der Waals surface area contributed by atoms with Crippen LogP contribution < -0.4 is 4.74 Å². The van der Waals surface area contributed by atoms with Crippen LogP contribution in [0.5, 0.6) is 6.01 Å². The van der Waals surface area contributed by atoms with Gasteiger partial charge in [-0.3, -0.25) is 0 Å². The van der Waals surface area contributed by atoms with Crippen LogP contribution in [0.3, 0.4) is 0 Å². The Morgan fingerprint density at radius 3 is 2.45 bits per heavy atom. The van der Waals surface area contributed by atoms with E-state index in [1.54, 1.807) is 0 Å². The Morgan fingerprint density at radius 2 is 1.68 bits per heavy atom. The third kappa shape index (κ3) is 3.53. The Bertz CT molecular complexity index is 755. The molecular formula is C14H12N6OS. The van der Waals surface area contributed by atoms with Crippen LogP contribution in [0.2, 0.25) is 0 Å². The predicted octanol–water partition coefficient (Wildman–Crippen LogP) is 2.02. The van der Waals surface area contributed by atoms with E-state index < -0.39 is 0 Å². The van der Waals surface area contributed by atoms with E-state index in [1.165, 1.54) is 24.2 Å². The summed E-state index contributed by atoms with van der Waals surface area (Å²) in [7, 11) is 0. The van der Waals surface area contributed by atoms with Gasteiger partial charge in [0.15, 0.2) is 0 Å². The van der Waals surface area contributed by atoms with Crippen molar-refractivity contribution in [1.82, 2.24) is 30.4 Å². The maximum Gasteiger partial charge on any atom is 0.336 e.